The van der Waals surface area contributed by atoms with Crippen LogP contribution in [0.5, 0.6) is 0 Å². The van der Waals surface area contributed by atoms with E-state index in [1.165, 1.54) is 0 Å². The Labute approximate surface area is 248 Å². The van der Waals surface area contributed by atoms with E-state index in [1.807, 2.05) is 44.2 Å². The summed E-state index contributed by atoms with van der Waals surface area (Å²) in [5.74, 6) is -0.261. The molecular formula is C29H31Cl2N5O5. The van der Waals surface area contributed by atoms with Crippen LogP contribution in [0.2, 0.25) is 10.0 Å². The van der Waals surface area contributed by atoms with Gasteiger partial charge in [-0.3, -0.25) is 9.59 Å². The van der Waals surface area contributed by atoms with E-state index in [-0.39, 0.29) is 11.8 Å². The number of carboxylic acids is 1. The van der Waals surface area contributed by atoms with Gasteiger partial charge < -0.3 is 24.2 Å². The minimum atomic E-state index is -0.631. The van der Waals surface area contributed by atoms with Gasteiger partial charge in [-0.1, -0.05) is 35.3 Å². The van der Waals surface area contributed by atoms with Gasteiger partial charge in [-0.05, 0) is 75.8 Å². The maximum absolute atomic E-state index is 13.3. The standard InChI is InChI=1S/C20H14Cl2N4O.C7H13NO2.2CH2O/c1-12-11-24-20-25(12)18(6-13-2-4-14(10-23)5-3-13)19(27)26(20)17-8-15(21)7-16(22)9-17;1-8-4-2-6(3-5-8)7(9)10;2*1-2/h2-5,7-9,11,18H,6H2,1H3;6H,2-5H2,1H3,(H,9,10);2*1H2. The number of anilines is 2. The van der Waals surface area contributed by atoms with E-state index in [0.717, 1.165) is 37.2 Å². The molecular weight excluding hydrogens is 569 g/mol. The van der Waals surface area contributed by atoms with Crippen molar-refractivity contribution in [1.82, 2.24) is 14.5 Å². The lowest BCUT2D eigenvalue weighted by Crippen LogP contribution is -2.33. The maximum Gasteiger partial charge on any atom is 0.306 e. The quantitative estimate of drug-likeness (QED) is 0.448. The van der Waals surface area contributed by atoms with Crippen molar-refractivity contribution in [3.63, 3.8) is 0 Å². The van der Waals surface area contributed by atoms with E-state index >= 15 is 0 Å². The van der Waals surface area contributed by atoms with Crippen LogP contribution < -0.4 is 4.90 Å². The normalized spacial score (nSPS) is 16.1. The van der Waals surface area contributed by atoms with Gasteiger partial charge in [0.1, 0.15) is 19.6 Å². The van der Waals surface area contributed by atoms with Crippen molar-refractivity contribution in [2.45, 2.75) is 32.2 Å². The van der Waals surface area contributed by atoms with Crippen LogP contribution >= 0.6 is 23.2 Å². The fourth-order valence-electron chi connectivity index (χ4n) is 4.63. The number of halogens is 2. The highest BCUT2D eigenvalue weighted by Crippen LogP contribution is 2.40. The summed E-state index contributed by atoms with van der Waals surface area (Å²) in [5.41, 5.74) is 3.04. The van der Waals surface area contributed by atoms with E-state index in [0.29, 0.717) is 33.7 Å². The van der Waals surface area contributed by atoms with Crippen LogP contribution in [0.4, 0.5) is 11.6 Å². The summed E-state index contributed by atoms with van der Waals surface area (Å²) in [7, 11) is 2.03. The number of nitriles is 1. The Kier molecular flexibility index (Phi) is 12.7. The van der Waals surface area contributed by atoms with Crippen molar-refractivity contribution < 1.29 is 24.3 Å². The Hall–Kier alpha value is -4.04. The Balaban J connectivity index is 0.000000352. The average molecular weight is 601 g/mol. The molecule has 0 bridgehead atoms. The number of aryl methyl sites for hydroxylation is 1. The van der Waals surface area contributed by atoms with Crippen molar-refractivity contribution in [3.8, 4) is 6.07 Å². The molecule has 1 aromatic heterocycles. The number of rotatable bonds is 4. The van der Waals surface area contributed by atoms with Crippen molar-refractivity contribution in [2.75, 3.05) is 25.0 Å². The predicted octanol–water partition coefficient (Wildman–Crippen LogP) is 4.88. The number of aromatic nitrogens is 2. The number of nitrogens with zero attached hydrogens (tertiary/aromatic N) is 5. The number of piperidine rings is 1. The lowest BCUT2D eigenvalue weighted by molar-refractivity contribution is -0.143. The Morgan fingerprint density at radius 1 is 1.07 bits per heavy atom. The Morgan fingerprint density at radius 3 is 2.15 bits per heavy atom. The summed E-state index contributed by atoms with van der Waals surface area (Å²) in [6.45, 7) is 7.78. The predicted molar refractivity (Wildman–Crippen MR) is 157 cm³/mol. The molecule has 1 unspecified atom stereocenters. The van der Waals surface area contributed by atoms with Gasteiger partial charge in [0, 0.05) is 22.2 Å². The number of hydrogen-bond acceptors (Lipinski definition) is 7. The molecule has 3 heterocycles. The maximum atomic E-state index is 13.3. The highest BCUT2D eigenvalue weighted by Gasteiger charge is 2.40. The second-order valence-electron chi connectivity index (χ2n) is 9.32. The van der Waals surface area contributed by atoms with Crippen LogP contribution in [-0.2, 0) is 25.6 Å². The van der Waals surface area contributed by atoms with Crippen molar-refractivity contribution in [2.24, 2.45) is 5.92 Å². The highest BCUT2D eigenvalue weighted by molar-refractivity contribution is 6.35. The third-order valence-electron chi connectivity index (χ3n) is 6.66. The van der Waals surface area contributed by atoms with Gasteiger partial charge in [-0.15, -0.1) is 0 Å². The number of aliphatic carboxylic acids is 1. The van der Waals surface area contributed by atoms with Crippen LogP contribution in [0.1, 0.15) is 35.7 Å². The molecule has 2 aliphatic rings. The van der Waals surface area contributed by atoms with Gasteiger partial charge in [-0.2, -0.15) is 5.26 Å². The molecule has 41 heavy (non-hydrogen) atoms. The van der Waals surface area contributed by atoms with E-state index in [1.54, 1.807) is 41.4 Å². The number of imidazole rings is 1. The first-order valence-electron chi connectivity index (χ1n) is 12.5. The van der Waals surface area contributed by atoms with Gasteiger partial charge in [0.05, 0.1) is 29.4 Å². The molecule has 2 aliphatic heterocycles. The van der Waals surface area contributed by atoms with Gasteiger partial charge in [0.25, 0.3) is 5.91 Å². The molecule has 12 heteroatoms. The first-order chi connectivity index (χ1) is 19.7. The minimum absolute atomic E-state index is 0.0869. The highest BCUT2D eigenvalue weighted by atomic mass is 35.5. The smallest absolute Gasteiger partial charge is 0.306 e. The van der Waals surface area contributed by atoms with E-state index in [4.69, 9.17) is 43.2 Å². The Morgan fingerprint density at radius 2 is 1.63 bits per heavy atom. The number of carbonyl (C=O) groups is 4. The molecule has 3 aromatic rings. The zero-order valence-corrected chi connectivity index (χ0v) is 24.3. The molecule has 5 rings (SSSR count). The number of likely N-dealkylation sites (tertiary alicyclic amines) is 1. The summed E-state index contributed by atoms with van der Waals surface area (Å²) < 4.78 is 1.93. The number of amides is 1. The van der Waals surface area contributed by atoms with Crippen LogP contribution in [0.15, 0.2) is 48.7 Å². The number of fused-ring (bicyclic) bond motifs is 1. The molecule has 1 amide bonds. The number of hydrogen-bond donors (Lipinski definition) is 1. The molecule has 0 saturated carbocycles. The molecule has 0 aliphatic carbocycles. The molecule has 1 atom stereocenters. The molecule has 2 aromatic carbocycles. The summed E-state index contributed by atoms with van der Waals surface area (Å²) in [6, 6.07) is 14.0. The largest absolute Gasteiger partial charge is 0.481 e. The fourth-order valence-corrected chi connectivity index (χ4v) is 5.14. The zero-order valence-electron chi connectivity index (χ0n) is 22.8. The fraction of sp³-hybridized carbons (Fsp3) is 0.310. The van der Waals surface area contributed by atoms with Crippen LogP contribution in [0.3, 0.4) is 0 Å². The molecule has 0 radical (unpaired) electrons. The third kappa shape index (κ3) is 8.24. The van der Waals surface area contributed by atoms with E-state index in [2.05, 4.69) is 16.0 Å². The van der Waals surface area contributed by atoms with Gasteiger partial charge >= 0.3 is 5.97 Å². The zero-order chi connectivity index (χ0) is 30.7. The number of carbonyl (C=O) groups excluding carboxylic acids is 3. The molecule has 216 valence electrons. The van der Waals surface area contributed by atoms with E-state index in [9.17, 15) is 9.59 Å². The van der Waals surface area contributed by atoms with Crippen molar-refractivity contribution in [3.05, 3.63) is 75.5 Å². The number of carboxylic acid groups (broad SMARTS) is 1. The lowest BCUT2D eigenvalue weighted by Gasteiger charge is -2.25. The van der Waals surface area contributed by atoms with Gasteiger partial charge in [-0.25, -0.2) is 9.88 Å². The molecule has 1 saturated heterocycles. The summed E-state index contributed by atoms with van der Waals surface area (Å²) in [4.78, 5) is 47.8. The average Bonchev–Trinajstić information content (AvgIpc) is 3.47. The second-order valence-corrected chi connectivity index (χ2v) is 10.2. The summed E-state index contributed by atoms with van der Waals surface area (Å²) >= 11 is 12.3. The van der Waals surface area contributed by atoms with Crippen molar-refractivity contribution in [1.29, 1.82) is 5.26 Å². The molecule has 10 nitrogen and oxygen atoms in total. The van der Waals surface area contributed by atoms with Crippen molar-refractivity contribution >= 4 is 60.3 Å². The number of benzene rings is 2. The monoisotopic (exact) mass is 599 g/mol. The molecule has 1 N–H and O–H groups in total. The molecule has 1 fully saturated rings. The first-order valence-corrected chi connectivity index (χ1v) is 13.3. The van der Waals surface area contributed by atoms with Crippen LogP contribution in [0.25, 0.3) is 0 Å². The Bertz CT molecular complexity index is 1360. The minimum Gasteiger partial charge on any atom is -0.481 e. The third-order valence-corrected chi connectivity index (χ3v) is 7.10. The first kappa shape index (κ1) is 33.2. The summed E-state index contributed by atoms with van der Waals surface area (Å²) in [5, 5.41) is 18.5. The van der Waals surface area contributed by atoms with E-state index < -0.39 is 12.0 Å². The topological polar surface area (TPSA) is 137 Å². The summed E-state index contributed by atoms with van der Waals surface area (Å²) in [6.07, 6.45) is 3.86. The lowest BCUT2D eigenvalue weighted by atomic mass is 9.98. The SMILES string of the molecule is C=O.C=O.CN1CCC(C(=O)O)CC1.Cc1cnc2n1C(Cc1ccc(C#N)cc1)C(=O)N2c1cc(Cl)cc(Cl)c1. The van der Waals surface area contributed by atoms with Gasteiger partial charge in [0.15, 0.2) is 0 Å². The van der Waals surface area contributed by atoms with Crippen LogP contribution in [-0.4, -0.2) is 65.1 Å². The van der Waals surface area contributed by atoms with Crippen LogP contribution in [0, 0.1) is 24.2 Å². The van der Waals surface area contributed by atoms with Gasteiger partial charge in [0.2, 0.25) is 5.95 Å². The molecule has 0 spiro atoms. The second kappa shape index (κ2) is 15.7.